The van der Waals surface area contributed by atoms with Crippen LogP contribution in [-0.2, 0) is 12.8 Å². The van der Waals surface area contributed by atoms with E-state index in [4.69, 9.17) is 0 Å². The van der Waals surface area contributed by atoms with E-state index < -0.39 is 6.36 Å². The monoisotopic (exact) mass is 550 g/mol. The molecule has 3 N–H and O–H groups in total. The number of nitrogens with zero attached hydrogens (tertiary/aromatic N) is 1. The van der Waals surface area contributed by atoms with Crippen LogP contribution >= 0.6 is 24.0 Å². The molecule has 0 fully saturated rings. The van der Waals surface area contributed by atoms with Crippen LogP contribution in [0.4, 0.5) is 13.2 Å². The Morgan fingerprint density at radius 3 is 2.16 bits per heavy atom. The summed E-state index contributed by atoms with van der Waals surface area (Å²) in [5, 5.41) is 8.96. The average molecular weight is 550 g/mol. The third kappa shape index (κ3) is 9.90. The molecule has 0 saturated heterocycles. The van der Waals surface area contributed by atoms with Crippen molar-refractivity contribution in [3.05, 3.63) is 65.2 Å². The summed E-state index contributed by atoms with van der Waals surface area (Å²) in [7, 11) is 3.25. The van der Waals surface area contributed by atoms with Crippen LogP contribution in [0.5, 0.6) is 5.75 Å². The molecular formula is C21H26F3IN4O2. The van der Waals surface area contributed by atoms with E-state index in [1.165, 1.54) is 12.1 Å². The number of halogens is 4. The van der Waals surface area contributed by atoms with Crippen LogP contribution in [0.3, 0.4) is 0 Å². The molecule has 0 saturated carbocycles. The third-order valence-electron chi connectivity index (χ3n) is 4.21. The highest BCUT2D eigenvalue weighted by atomic mass is 127. The number of hydrogen-bond donors (Lipinski definition) is 3. The highest BCUT2D eigenvalue weighted by molar-refractivity contribution is 14.0. The van der Waals surface area contributed by atoms with Gasteiger partial charge in [0.1, 0.15) is 5.75 Å². The van der Waals surface area contributed by atoms with Crippen molar-refractivity contribution in [3.63, 3.8) is 0 Å². The van der Waals surface area contributed by atoms with Gasteiger partial charge in [0.15, 0.2) is 5.96 Å². The number of carbonyl (C=O) groups excluding carboxylic acids is 1. The first-order valence-corrected chi connectivity index (χ1v) is 9.41. The van der Waals surface area contributed by atoms with Gasteiger partial charge in [0.25, 0.3) is 5.91 Å². The van der Waals surface area contributed by atoms with Gasteiger partial charge < -0.3 is 20.7 Å². The van der Waals surface area contributed by atoms with Crippen molar-refractivity contribution in [2.45, 2.75) is 19.2 Å². The first-order chi connectivity index (χ1) is 14.3. The fourth-order valence-corrected chi connectivity index (χ4v) is 2.74. The van der Waals surface area contributed by atoms with E-state index in [2.05, 4.69) is 25.7 Å². The van der Waals surface area contributed by atoms with Crippen LogP contribution in [0.1, 0.15) is 21.5 Å². The van der Waals surface area contributed by atoms with E-state index in [0.29, 0.717) is 37.5 Å². The molecule has 6 nitrogen and oxygen atoms in total. The Morgan fingerprint density at radius 1 is 1.00 bits per heavy atom. The fourth-order valence-electron chi connectivity index (χ4n) is 2.74. The quantitative estimate of drug-likeness (QED) is 0.267. The number of benzene rings is 2. The first-order valence-electron chi connectivity index (χ1n) is 9.41. The first kappa shape index (κ1) is 26.5. The molecule has 170 valence electrons. The lowest BCUT2D eigenvalue weighted by Crippen LogP contribution is -2.39. The number of amides is 1. The van der Waals surface area contributed by atoms with Crippen LogP contribution in [0.25, 0.3) is 0 Å². The Morgan fingerprint density at radius 2 is 1.61 bits per heavy atom. The zero-order valence-corrected chi connectivity index (χ0v) is 19.6. The molecule has 0 aliphatic rings. The van der Waals surface area contributed by atoms with Gasteiger partial charge in [-0.25, -0.2) is 0 Å². The summed E-state index contributed by atoms with van der Waals surface area (Å²) in [6.45, 7) is 1.19. The van der Waals surface area contributed by atoms with E-state index in [9.17, 15) is 18.0 Å². The Kier molecular flexibility index (Phi) is 11.2. The molecule has 0 aromatic heterocycles. The summed E-state index contributed by atoms with van der Waals surface area (Å²) in [5.74, 6) is 0.256. The van der Waals surface area contributed by atoms with Crippen LogP contribution in [0.2, 0.25) is 0 Å². The normalized spacial score (nSPS) is 11.3. The second-order valence-corrected chi connectivity index (χ2v) is 6.40. The maximum Gasteiger partial charge on any atom is 0.573 e. The summed E-state index contributed by atoms with van der Waals surface area (Å²) in [6.07, 6.45) is -3.36. The fraction of sp³-hybridized carbons (Fsp3) is 0.333. The summed E-state index contributed by atoms with van der Waals surface area (Å²) >= 11 is 0. The van der Waals surface area contributed by atoms with Crippen molar-refractivity contribution in [1.29, 1.82) is 0 Å². The van der Waals surface area contributed by atoms with E-state index in [0.717, 1.165) is 11.1 Å². The summed E-state index contributed by atoms with van der Waals surface area (Å²) in [4.78, 5) is 15.8. The van der Waals surface area contributed by atoms with Crippen LogP contribution in [0.15, 0.2) is 53.5 Å². The second kappa shape index (κ2) is 13.0. The van der Waals surface area contributed by atoms with Gasteiger partial charge in [0.2, 0.25) is 0 Å². The van der Waals surface area contributed by atoms with Crippen molar-refractivity contribution in [1.82, 2.24) is 16.0 Å². The van der Waals surface area contributed by atoms with E-state index in [-0.39, 0.29) is 35.6 Å². The lowest BCUT2D eigenvalue weighted by Gasteiger charge is -2.13. The molecule has 0 aliphatic carbocycles. The molecule has 0 atom stereocenters. The number of carbonyl (C=O) groups is 1. The molecule has 1 amide bonds. The molecule has 0 spiro atoms. The van der Waals surface area contributed by atoms with Crippen molar-refractivity contribution in [2.24, 2.45) is 4.99 Å². The highest BCUT2D eigenvalue weighted by Crippen LogP contribution is 2.22. The number of ether oxygens (including phenoxy) is 1. The van der Waals surface area contributed by atoms with Crippen LogP contribution < -0.4 is 20.7 Å². The second-order valence-electron chi connectivity index (χ2n) is 6.40. The van der Waals surface area contributed by atoms with Crippen molar-refractivity contribution < 1.29 is 22.7 Å². The molecular weight excluding hydrogens is 524 g/mol. The van der Waals surface area contributed by atoms with Crippen LogP contribution in [0, 0.1) is 0 Å². The predicted molar refractivity (Wildman–Crippen MR) is 125 cm³/mol. The highest BCUT2D eigenvalue weighted by Gasteiger charge is 2.30. The zero-order chi connectivity index (χ0) is 22.0. The topological polar surface area (TPSA) is 74.8 Å². The van der Waals surface area contributed by atoms with Gasteiger partial charge in [-0.05, 0) is 48.2 Å². The van der Waals surface area contributed by atoms with Crippen molar-refractivity contribution in [2.75, 3.05) is 27.2 Å². The van der Waals surface area contributed by atoms with E-state index >= 15 is 0 Å². The maximum absolute atomic E-state index is 12.2. The van der Waals surface area contributed by atoms with Gasteiger partial charge in [-0.3, -0.25) is 9.79 Å². The molecule has 2 aromatic rings. The zero-order valence-electron chi connectivity index (χ0n) is 17.3. The number of rotatable bonds is 8. The molecule has 2 rings (SSSR count). The van der Waals surface area contributed by atoms with Gasteiger partial charge in [0, 0.05) is 32.7 Å². The maximum atomic E-state index is 12.2. The van der Waals surface area contributed by atoms with Gasteiger partial charge in [-0.15, -0.1) is 37.1 Å². The predicted octanol–water partition coefficient (Wildman–Crippen LogP) is 3.51. The molecule has 2 aromatic carbocycles. The SMILES string of the molecule is CN=C(NCCc1ccc(OC(F)(F)F)cc1)NCCc1cccc(C(=O)NC)c1.I. The van der Waals surface area contributed by atoms with Gasteiger partial charge in [0.05, 0.1) is 0 Å². The lowest BCUT2D eigenvalue weighted by atomic mass is 10.1. The van der Waals surface area contributed by atoms with E-state index in [1.54, 1.807) is 32.3 Å². The smallest absolute Gasteiger partial charge is 0.406 e. The third-order valence-corrected chi connectivity index (χ3v) is 4.21. The summed E-state index contributed by atoms with van der Waals surface area (Å²) in [5.41, 5.74) is 2.52. The summed E-state index contributed by atoms with van der Waals surface area (Å²) in [6, 6.07) is 13.2. The average Bonchev–Trinajstić information content (AvgIpc) is 2.72. The molecule has 31 heavy (non-hydrogen) atoms. The Hall–Kier alpha value is -2.50. The molecule has 0 radical (unpaired) electrons. The Labute approximate surface area is 196 Å². The lowest BCUT2D eigenvalue weighted by molar-refractivity contribution is -0.274. The van der Waals surface area contributed by atoms with Crippen molar-refractivity contribution in [3.8, 4) is 5.75 Å². The molecule has 0 heterocycles. The number of aliphatic imine (C=N–C) groups is 1. The molecule has 0 bridgehead atoms. The molecule has 0 aliphatic heterocycles. The number of nitrogens with one attached hydrogen (secondary N) is 3. The largest absolute Gasteiger partial charge is 0.573 e. The standard InChI is InChI=1S/C21H25F3N4O2.HI/c1-25-19(29)17-5-3-4-16(14-17)11-13-28-20(26-2)27-12-10-15-6-8-18(9-7-15)30-21(22,23)24;/h3-9,14H,10-13H2,1-2H3,(H,25,29)(H2,26,27,28);1H. The Bertz CT molecular complexity index is 858. The number of hydrogen-bond acceptors (Lipinski definition) is 3. The van der Waals surface area contributed by atoms with Gasteiger partial charge >= 0.3 is 6.36 Å². The minimum Gasteiger partial charge on any atom is -0.406 e. The van der Waals surface area contributed by atoms with Gasteiger partial charge in [-0.2, -0.15) is 0 Å². The minimum absolute atomic E-state index is 0. The Balaban J connectivity index is 0.00000480. The van der Waals surface area contributed by atoms with Gasteiger partial charge in [-0.1, -0.05) is 24.3 Å². The molecule has 10 heteroatoms. The van der Waals surface area contributed by atoms with Crippen molar-refractivity contribution >= 4 is 35.8 Å². The number of alkyl halides is 3. The minimum atomic E-state index is -4.69. The molecule has 0 unspecified atom stereocenters. The number of guanidine groups is 1. The van der Waals surface area contributed by atoms with Crippen LogP contribution in [-0.4, -0.2) is 45.4 Å². The van der Waals surface area contributed by atoms with E-state index in [1.807, 2.05) is 18.2 Å². The summed E-state index contributed by atoms with van der Waals surface area (Å²) < 4.78 is 40.4.